The van der Waals surface area contributed by atoms with Crippen LogP contribution in [0.3, 0.4) is 0 Å². The van der Waals surface area contributed by atoms with Gasteiger partial charge in [-0.3, -0.25) is 0 Å². The largest absolute Gasteiger partial charge is 0.315 e. The van der Waals surface area contributed by atoms with Crippen LogP contribution in [0.15, 0.2) is 6.33 Å². The molecule has 84 valence electrons. The zero-order chi connectivity index (χ0) is 10.8. The third-order valence-corrected chi connectivity index (χ3v) is 3.54. The van der Waals surface area contributed by atoms with E-state index in [0.29, 0.717) is 12.0 Å². The Morgan fingerprint density at radius 2 is 1.93 bits per heavy atom. The van der Waals surface area contributed by atoms with Gasteiger partial charge in [0.25, 0.3) is 0 Å². The van der Waals surface area contributed by atoms with Gasteiger partial charge in [0.2, 0.25) is 0 Å². The second kappa shape index (κ2) is 4.33. The molecule has 0 spiro atoms. The van der Waals surface area contributed by atoms with Crippen LogP contribution in [0.4, 0.5) is 0 Å². The molecule has 1 aliphatic carbocycles. The smallest absolute Gasteiger partial charge is 0.136 e. The van der Waals surface area contributed by atoms with Gasteiger partial charge in [0, 0.05) is 12.0 Å². The van der Waals surface area contributed by atoms with Crippen molar-refractivity contribution >= 4 is 0 Å². The van der Waals surface area contributed by atoms with Crippen molar-refractivity contribution < 1.29 is 0 Å². The minimum atomic E-state index is 0.481. The van der Waals surface area contributed by atoms with E-state index in [2.05, 4.69) is 35.5 Å². The van der Waals surface area contributed by atoms with E-state index in [1.54, 1.807) is 0 Å². The summed E-state index contributed by atoms with van der Waals surface area (Å²) in [5.74, 6) is 2.75. The van der Waals surface area contributed by atoms with Crippen LogP contribution in [0.1, 0.15) is 64.2 Å². The summed E-state index contributed by atoms with van der Waals surface area (Å²) in [5.41, 5.74) is 0. The maximum absolute atomic E-state index is 4.30. The Morgan fingerprint density at radius 1 is 1.27 bits per heavy atom. The van der Waals surface area contributed by atoms with Gasteiger partial charge < -0.3 is 4.57 Å². The molecular formula is C12H21N3. The molecule has 2 rings (SSSR count). The van der Waals surface area contributed by atoms with Crippen molar-refractivity contribution in [1.29, 1.82) is 0 Å². The van der Waals surface area contributed by atoms with Crippen LogP contribution in [0, 0.1) is 5.92 Å². The molecule has 1 aliphatic rings. The Morgan fingerprint density at radius 3 is 2.53 bits per heavy atom. The molecule has 0 unspecified atom stereocenters. The van der Waals surface area contributed by atoms with Crippen molar-refractivity contribution in [2.45, 2.75) is 58.4 Å². The fraction of sp³-hybridized carbons (Fsp3) is 0.833. The molecule has 0 saturated heterocycles. The van der Waals surface area contributed by atoms with Crippen LogP contribution < -0.4 is 0 Å². The molecule has 0 aliphatic heterocycles. The summed E-state index contributed by atoms with van der Waals surface area (Å²) in [6.07, 6.45) is 7.13. The van der Waals surface area contributed by atoms with Crippen LogP contribution in [-0.4, -0.2) is 14.8 Å². The molecule has 3 heteroatoms. The summed E-state index contributed by atoms with van der Waals surface area (Å²) in [7, 11) is 0. The molecule has 1 aromatic rings. The molecule has 0 aromatic carbocycles. The summed E-state index contributed by atoms with van der Waals surface area (Å²) in [5, 5.41) is 8.35. The second-order valence-corrected chi connectivity index (χ2v) is 5.15. The van der Waals surface area contributed by atoms with Crippen molar-refractivity contribution in [3.63, 3.8) is 0 Å². The van der Waals surface area contributed by atoms with Gasteiger partial charge in [-0.25, -0.2) is 0 Å². The molecule has 15 heavy (non-hydrogen) atoms. The van der Waals surface area contributed by atoms with E-state index in [0.717, 1.165) is 5.92 Å². The summed E-state index contributed by atoms with van der Waals surface area (Å²) in [4.78, 5) is 0. The molecule has 1 heterocycles. The maximum atomic E-state index is 4.30. The van der Waals surface area contributed by atoms with E-state index in [4.69, 9.17) is 0 Å². The SMILES string of the molecule is CC1CCC(c2nncn2C(C)C)CC1. The topological polar surface area (TPSA) is 30.7 Å². The molecule has 1 aromatic heterocycles. The lowest BCUT2D eigenvalue weighted by atomic mass is 9.82. The van der Waals surface area contributed by atoms with Gasteiger partial charge in [0.15, 0.2) is 0 Å². The van der Waals surface area contributed by atoms with Gasteiger partial charge in [-0.2, -0.15) is 0 Å². The monoisotopic (exact) mass is 207 g/mol. The number of hydrogen-bond acceptors (Lipinski definition) is 2. The highest BCUT2D eigenvalue weighted by molar-refractivity contribution is 4.99. The molecule has 0 radical (unpaired) electrons. The Bertz CT molecular complexity index is 308. The molecule has 0 bridgehead atoms. The average molecular weight is 207 g/mol. The minimum Gasteiger partial charge on any atom is -0.315 e. The van der Waals surface area contributed by atoms with Crippen LogP contribution in [0.25, 0.3) is 0 Å². The molecule has 1 fully saturated rings. The summed E-state index contributed by atoms with van der Waals surface area (Å²) in [6, 6.07) is 0.481. The summed E-state index contributed by atoms with van der Waals surface area (Å²) in [6.45, 7) is 6.74. The Balaban J connectivity index is 2.12. The van der Waals surface area contributed by atoms with Crippen molar-refractivity contribution in [2.75, 3.05) is 0 Å². The molecule has 0 atom stereocenters. The van der Waals surface area contributed by atoms with Crippen molar-refractivity contribution in [3.8, 4) is 0 Å². The summed E-state index contributed by atoms with van der Waals surface area (Å²) < 4.78 is 2.22. The zero-order valence-corrected chi connectivity index (χ0v) is 9.98. The second-order valence-electron chi connectivity index (χ2n) is 5.15. The zero-order valence-electron chi connectivity index (χ0n) is 9.98. The Kier molecular flexibility index (Phi) is 3.08. The fourth-order valence-electron chi connectivity index (χ4n) is 2.46. The van der Waals surface area contributed by atoms with Crippen LogP contribution in [0.5, 0.6) is 0 Å². The van der Waals surface area contributed by atoms with E-state index in [9.17, 15) is 0 Å². The standard InChI is InChI=1S/C12H21N3/c1-9(2)15-8-13-14-12(15)11-6-4-10(3)5-7-11/h8-11H,4-7H2,1-3H3. The van der Waals surface area contributed by atoms with Crippen molar-refractivity contribution in [3.05, 3.63) is 12.2 Å². The first kappa shape index (κ1) is 10.7. The summed E-state index contributed by atoms with van der Waals surface area (Å²) >= 11 is 0. The third-order valence-electron chi connectivity index (χ3n) is 3.54. The molecule has 1 saturated carbocycles. The predicted molar refractivity (Wildman–Crippen MR) is 60.8 cm³/mol. The first-order valence-electron chi connectivity index (χ1n) is 6.08. The normalized spacial score (nSPS) is 27.2. The van der Waals surface area contributed by atoms with Gasteiger partial charge >= 0.3 is 0 Å². The highest BCUT2D eigenvalue weighted by atomic mass is 15.3. The van der Waals surface area contributed by atoms with Gasteiger partial charge in [-0.15, -0.1) is 10.2 Å². The number of hydrogen-bond donors (Lipinski definition) is 0. The van der Waals surface area contributed by atoms with Gasteiger partial charge in [-0.1, -0.05) is 19.8 Å². The highest BCUT2D eigenvalue weighted by Crippen LogP contribution is 2.35. The number of aromatic nitrogens is 3. The maximum Gasteiger partial charge on any atom is 0.136 e. The average Bonchev–Trinajstić information content (AvgIpc) is 2.67. The van der Waals surface area contributed by atoms with Crippen LogP contribution in [-0.2, 0) is 0 Å². The molecule has 0 amide bonds. The van der Waals surface area contributed by atoms with E-state index in [1.807, 2.05) is 6.33 Å². The quantitative estimate of drug-likeness (QED) is 0.745. The van der Waals surface area contributed by atoms with E-state index >= 15 is 0 Å². The molecular weight excluding hydrogens is 186 g/mol. The minimum absolute atomic E-state index is 0.481. The lowest BCUT2D eigenvalue weighted by Gasteiger charge is -2.26. The van der Waals surface area contributed by atoms with Crippen molar-refractivity contribution in [1.82, 2.24) is 14.8 Å². The predicted octanol–water partition coefficient (Wildman–Crippen LogP) is 3.15. The van der Waals surface area contributed by atoms with Gasteiger partial charge in [-0.05, 0) is 32.6 Å². The Labute approximate surface area is 91.9 Å². The van der Waals surface area contributed by atoms with Crippen LogP contribution in [0.2, 0.25) is 0 Å². The lowest BCUT2D eigenvalue weighted by Crippen LogP contribution is -2.16. The third kappa shape index (κ3) is 2.21. The molecule has 3 nitrogen and oxygen atoms in total. The van der Waals surface area contributed by atoms with Gasteiger partial charge in [0.05, 0.1) is 0 Å². The first-order valence-corrected chi connectivity index (χ1v) is 6.08. The van der Waals surface area contributed by atoms with E-state index < -0.39 is 0 Å². The first-order chi connectivity index (χ1) is 7.18. The Hall–Kier alpha value is -0.860. The lowest BCUT2D eigenvalue weighted by molar-refractivity contribution is 0.330. The number of nitrogens with zero attached hydrogens (tertiary/aromatic N) is 3. The van der Waals surface area contributed by atoms with Gasteiger partial charge in [0.1, 0.15) is 12.2 Å². The fourth-order valence-corrected chi connectivity index (χ4v) is 2.46. The van der Waals surface area contributed by atoms with Crippen LogP contribution >= 0.6 is 0 Å². The highest BCUT2D eigenvalue weighted by Gasteiger charge is 2.24. The molecule has 0 N–H and O–H groups in total. The van der Waals surface area contributed by atoms with E-state index in [-0.39, 0.29) is 0 Å². The number of rotatable bonds is 2. The van der Waals surface area contributed by atoms with Crippen molar-refractivity contribution in [2.24, 2.45) is 5.92 Å². The van der Waals surface area contributed by atoms with E-state index in [1.165, 1.54) is 31.5 Å².